The van der Waals surface area contributed by atoms with Crippen molar-refractivity contribution in [1.29, 1.82) is 0 Å². The van der Waals surface area contributed by atoms with Gasteiger partial charge in [-0.2, -0.15) is 5.11 Å². The highest BCUT2D eigenvalue weighted by atomic mass is 16.3. The van der Waals surface area contributed by atoms with Crippen molar-refractivity contribution in [2.75, 3.05) is 0 Å². The van der Waals surface area contributed by atoms with E-state index >= 15 is 0 Å². The van der Waals surface area contributed by atoms with Crippen LogP contribution in [0.2, 0.25) is 0 Å². The van der Waals surface area contributed by atoms with E-state index in [1.807, 2.05) is 0 Å². The summed E-state index contributed by atoms with van der Waals surface area (Å²) in [5.74, 6) is -0.852. The van der Waals surface area contributed by atoms with Gasteiger partial charge in [0.25, 0.3) is 0 Å². The molecule has 2 rings (SSSR count). The number of azo groups is 1. The van der Waals surface area contributed by atoms with Gasteiger partial charge in [0.15, 0.2) is 0 Å². The van der Waals surface area contributed by atoms with Gasteiger partial charge in [-0.15, -0.1) is 5.11 Å². The molecular formula is C9H12N4O2. The number of aromatic hydroxyl groups is 2. The van der Waals surface area contributed by atoms with Crippen molar-refractivity contribution in [3.05, 3.63) is 36.5 Å². The molecule has 1 aliphatic heterocycles. The molecule has 0 fully saturated rings. The van der Waals surface area contributed by atoms with Crippen LogP contribution >= 0.6 is 0 Å². The van der Waals surface area contributed by atoms with E-state index in [1.165, 1.54) is 30.5 Å². The van der Waals surface area contributed by atoms with Gasteiger partial charge in [0, 0.05) is 6.07 Å². The molecule has 0 saturated carbocycles. The normalized spacial score (nSPS) is 15.9. The van der Waals surface area contributed by atoms with Crippen LogP contribution in [0, 0.1) is 0 Å². The number of phenolic OH excluding ortho intramolecular Hbond substituents is 2. The Bertz CT molecular complexity index is 356. The van der Waals surface area contributed by atoms with E-state index in [0.29, 0.717) is 0 Å². The lowest BCUT2D eigenvalue weighted by molar-refractivity contribution is 0.450. The van der Waals surface area contributed by atoms with Crippen molar-refractivity contribution >= 4 is 0 Å². The summed E-state index contributed by atoms with van der Waals surface area (Å²) in [7, 11) is 0. The molecule has 0 unspecified atom stereocenters. The Kier molecular flexibility index (Phi) is 3.37. The molecule has 0 bridgehead atoms. The molecule has 0 atom stereocenters. The molecule has 0 aromatic heterocycles. The second-order valence-corrected chi connectivity index (χ2v) is 2.94. The summed E-state index contributed by atoms with van der Waals surface area (Å²) in [5, 5.41) is 24.2. The van der Waals surface area contributed by atoms with Crippen LogP contribution in [0.1, 0.15) is 0 Å². The Hall–Kier alpha value is -1.92. The van der Waals surface area contributed by atoms with E-state index in [0.717, 1.165) is 0 Å². The summed E-state index contributed by atoms with van der Waals surface area (Å²) in [5.41, 5.74) is 10.4. The highest BCUT2D eigenvalue weighted by Gasteiger charge is 2.14. The van der Waals surface area contributed by atoms with Crippen LogP contribution in [-0.2, 0) is 0 Å². The summed E-state index contributed by atoms with van der Waals surface area (Å²) in [6.07, 6.45) is 2.99. The molecule has 6 N–H and O–H groups in total. The summed E-state index contributed by atoms with van der Waals surface area (Å²) in [6, 6.07) is 5.85. The first-order chi connectivity index (χ1) is 6.99. The van der Waals surface area contributed by atoms with E-state index in [9.17, 15) is 0 Å². The molecule has 80 valence electrons. The molecule has 1 aromatic rings. The Balaban J connectivity index is 0.000000151. The minimum atomic E-state index is -1.03. The second-order valence-electron chi connectivity index (χ2n) is 2.94. The molecule has 0 spiro atoms. The Morgan fingerprint density at radius 1 is 1.13 bits per heavy atom. The SMILES string of the molecule is NC1(N)C=CN=N1.Oc1cccc(O)c1. The fourth-order valence-electron chi connectivity index (χ4n) is 0.812. The summed E-state index contributed by atoms with van der Waals surface area (Å²) < 4.78 is 0. The molecular weight excluding hydrogens is 196 g/mol. The molecule has 15 heavy (non-hydrogen) atoms. The number of benzene rings is 1. The van der Waals surface area contributed by atoms with E-state index in [4.69, 9.17) is 21.7 Å². The molecule has 0 amide bonds. The van der Waals surface area contributed by atoms with Crippen LogP contribution in [-0.4, -0.2) is 16.0 Å². The predicted molar refractivity (Wildman–Crippen MR) is 54.9 cm³/mol. The van der Waals surface area contributed by atoms with Crippen LogP contribution in [0.25, 0.3) is 0 Å². The van der Waals surface area contributed by atoms with Crippen molar-refractivity contribution < 1.29 is 10.2 Å². The first-order valence-electron chi connectivity index (χ1n) is 4.15. The van der Waals surface area contributed by atoms with Crippen molar-refractivity contribution in [3.63, 3.8) is 0 Å². The standard InChI is InChI=1S/C6H6O2.C3H6N4/c7-5-2-1-3-6(8)4-5;4-3(5)1-2-6-7-3/h1-4,7-8H;1-2H,4-5H2. The first kappa shape index (κ1) is 11.2. The maximum absolute atomic E-state index is 8.65. The highest BCUT2D eigenvalue weighted by molar-refractivity contribution is 5.30. The minimum absolute atomic E-state index is 0.0880. The maximum Gasteiger partial charge on any atom is 0.201 e. The van der Waals surface area contributed by atoms with Gasteiger partial charge < -0.3 is 10.2 Å². The number of rotatable bonds is 0. The number of phenols is 2. The topological polar surface area (TPSA) is 117 Å². The van der Waals surface area contributed by atoms with Crippen LogP contribution in [0.5, 0.6) is 11.5 Å². The molecule has 0 saturated heterocycles. The smallest absolute Gasteiger partial charge is 0.201 e. The van der Waals surface area contributed by atoms with Gasteiger partial charge in [-0.05, 0) is 18.2 Å². The predicted octanol–water partition coefficient (Wildman–Crippen LogP) is 0.635. The second kappa shape index (κ2) is 4.54. The number of hydrogen-bond acceptors (Lipinski definition) is 6. The summed E-state index contributed by atoms with van der Waals surface area (Å²) in [6.45, 7) is 0. The number of hydrogen-bond donors (Lipinski definition) is 4. The zero-order valence-corrected chi connectivity index (χ0v) is 7.91. The van der Waals surface area contributed by atoms with Gasteiger partial charge in [0.1, 0.15) is 11.5 Å². The minimum Gasteiger partial charge on any atom is -0.508 e. The molecule has 0 aliphatic carbocycles. The van der Waals surface area contributed by atoms with E-state index < -0.39 is 5.79 Å². The van der Waals surface area contributed by atoms with Crippen LogP contribution in [0.3, 0.4) is 0 Å². The van der Waals surface area contributed by atoms with Crippen LogP contribution < -0.4 is 11.5 Å². The molecule has 1 aromatic carbocycles. The third-order valence-electron chi connectivity index (χ3n) is 1.47. The lowest BCUT2D eigenvalue weighted by Crippen LogP contribution is -2.43. The summed E-state index contributed by atoms with van der Waals surface area (Å²) in [4.78, 5) is 0. The van der Waals surface area contributed by atoms with Gasteiger partial charge in [-0.25, -0.2) is 0 Å². The van der Waals surface area contributed by atoms with Gasteiger partial charge in [-0.3, -0.25) is 11.5 Å². The zero-order chi connectivity index (χ0) is 11.3. The number of nitrogens with two attached hydrogens (primary N) is 2. The van der Waals surface area contributed by atoms with Gasteiger partial charge in [0.2, 0.25) is 5.79 Å². The van der Waals surface area contributed by atoms with E-state index in [2.05, 4.69) is 10.2 Å². The largest absolute Gasteiger partial charge is 0.508 e. The van der Waals surface area contributed by atoms with E-state index in [-0.39, 0.29) is 11.5 Å². The van der Waals surface area contributed by atoms with Crippen molar-refractivity contribution in [3.8, 4) is 11.5 Å². The van der Waals surface area contributed by atoms with Crippen molar-refractivity contribution in [2.24, 2.45) is 21.7 Å². The lowest BCUT2D eigenvalue weighted by atomic mass is 10.3. The van der Waals surface area contributed by atoms with Crippen LogP contribution in [0.15, 0.2) is 46.8 Å². The average Bonchev–Trinajstić information content (AvgIpc) is 2.50. The van der Waals surface area contributed by atoms with Crippen molar-refractivity contribution in [1.82, 2.24) is 0 Å². The average molecular weight is 208 g/mol. The molecule has 0 radical (unpaired) electrons. The van der Waals surface area contributed by atoms with Crippen LogP contribution in [0.4, 0.5) is 0 Å². The fraction of sp³-hybridized carbons (Fsp3) is 0.111. The first-order valence-corrected chi connectivity index (χ1v) is 4.15. The molecule has 1 heterocycles. The third-order valence-corrected chi connectivity index (χ3v) is 1.47. The monoisotopic (exact) mass is 208 g/mol. The Morgan fingerprint density at radius 3 is 1.93 bits per heavy atom. The van der Waals surface area contributed by atoms with Gasteiger partial charge in [-0.1, -0.05) is 6.07 Å². The highest BCUT2D eigenvalue weighted by Crippen LogP contribution is 2.14. The summed E-state index contributed by atoms with van der Waals surface area (Å²) >= 11 is 0. The lowest BCUT2D eigenvalue weighted by Gasteiger charge is -2.05. The van der Waals surface area contributed by atoms with Crippen molar-refractivity contribution in [2.45, 2.75) is 5.79 Å². The quantitative estimate of drug-likeness (QED) is 0.468. The Labute approximate surface area is 86.6 Å². The molecule has 1 aliphatic rings. The third kappa shape index (κ3) is 4.21. The number of nitrogens with zero attached hydrogens (tertiary/aromatic N) is 2. The fourth-order valence-corrected chi connectivity index (χ4v) is 0.812. The van der Waals surface area contributed by atoms with Gasteiger partial charge >= 0.3 is 0 Å². The maximum atomic E-state index is 8.65. The van der Waals surface area contributed by atoms with Gasteiger partial charge in [0.05, 0.1) is 6.20 Å². The van der Waals surface area contributed by atoms with E-state index in [1.54, 1.807) is 6.07 Å². The molecule has 6 heteroatoms. The zero-order valence-electron chi connectivity index (χ0n) is 7.91. The molecule has 6 nitrogen and oxygen atoms in total. The Morgan fingerprint density at radius 2 is 1.73 bits per heavy atom.